The van der Waals surface area contributed by atoms with Crippen molar-refractivity contribution in [2.24, 2.45) is 10.9 Å². The maximum absolute atomic E-state index is 12.6. The van der Waals surface area contributed by atoms with Crippen LogP contribution in [-0.2, 0) is 10.2 Å². The molecule has 1 saturated heterocycles. The number of rotatable bonds is 6. The maximum atomic E-state index is 12.6. The predicted octanol–water partition coefficient (Wildman–Crippen LogP) is 2.33. The van der Waals surface area contributed by atoms with Gasteiger partial charge in [0.25, 0.3) is 10.2 Å². The molecule has 3 rings (SSSR count). The molecule has 2 aromatic carbocycles. The molecule has 4 N–H and O–H groups in total. The van der Waals surface area contributed by atoms with Gasteiger partial charge in [0, 0.05) is 13.1 Å². The van der Waals surface area contributed by atoms with Gasteiger partial charge in [-0.3, -0.25) is 0 Å². The smallest absolute Gasteiger partial charge is 0.290 e. The van der Waals surface area contributed by atoms with Crippen molar-refractivity contribution >= 4 is 10.2 Å². The first-order chi connectivity index (χ1) is 12.5. The largest absolute Gasteiger partial charge is 0.322 e. The molecule has 0 spiro atoms. The van der Waals surface area contributed by atoms with Crippen LogP contribution in [0.1, 0.15) is 42.5 Å². The zero-order valence-corrected chi connectivity index (χ0v) is 15.6. The highest BCUT2D eigenvalue weighted by molar-refractivity contribution is 7.86. The van der Waals surface area contributed by atoms with Crippen LogP contribution in [0.2, 0.25) is 0 Å². The third-order valence-electron chi connectivity index (χ3n) is 4.78. The number of hydrazine groups is 1. The summed E-state index contributed by atoms with van der Waals surface area (Å²) in [6.07, 6.45) is 2.97. The molecule has 0 radical (unpaired) electrons. The van der Waals surface area contributed by atoms with E-state index < -0.39 is 22.3 Å². The van der Waals surface area contributed by atoms with Crippen molar-refractivity contribution in [3.63, 3.8) is 0 Å². The molecule has 26 heavy (non-hydrogen) atoms. The van der Waals surface area contributed by atoms with Crippen LogP contribution in [0.15, 0.2) is 60.7 Å². The Kier molecular flexibility index (Phi) is 6.05. The first-order valence-electron chi connectivity index (χ1n) is 8.91. The van der Waals surface area contributed by atoms with E-state index in [1.54, 1.807) is 0 Å². The van der Waals surface area contributed by atoms with Gasteiger partial charge >= 0.3 is 0 Å². The lowest BCUT2D eigenvalue weighted by Gasteiger charge is -2.42. The molecule has 1 aliphatic rings. The number of hydrogen-bond acceptors (Lipinski definition) is 4. The lowest BCUT2D eigenvalue weighted by atomic mass is 9.94. The number of piperidine rings is 1. The van der Waals surface area contributed by atoms with Crippen LogP contribution in [-0.4, -0.2) is 30.9 Å². The van der Waals surface area contributed by atoms with Gasteiger partial charge in [0.2, 0.25) is 0 Å². The molecular weight excluding hydrogens is 348 g/mol. The standard InChI is InChI=1S/C19H26N4O2S/c20-18(16-10-4-1-5-11-16)19(17-12-6-2-7-13-17)23(26(21,24)25)22-14-8-3-9-15-22/h1-2,4-7,10-13,18-19H,3,8-9,14-15,20H2,(H2,21,24,25)/t18-,19-/m0/s1. The number of benzene rings is 2. The normalized spacial score (nSPS) is 18.6. The molecule has 0 bridgehead atoms. The van der Waals surface area contributed by atoms with Gasteiger partial charge in [0.05, 0.1) is 12.1 Å². The van der Waals surface area contributed by atoms with Crippen molar-refractivity contribution in [2.45, 2.75) is 31.3 Å². The van der Waals surface area contributed by atoms with Gasteiger partial charge in [0.15, 0.2) is 0 Å². The Morgan fingerprint density at radius 2 is 1.35 bits per heavy atom. The first-order valence-corrected chi connectivity index (χ1v) is 10.4. The van der Waals surface area contributed by atoms with Crippen molar-refractivity contribution in [1.29, 1.82) is 0 Å². The van der Waals surface area contributed by atoms with E-state index in [2.05, 4.69) is 0 Å². The van der Waals surface area contributed by atoms with Crippen LogP contribution < -0.4 is 10.9 Å². The van der Waals surface area contributed by atoms with Crippen molar-refractivity contribution in [2.75, 3.05) is 13.1 Å². The molecule has 2 aromatic rings. The Morgan fingerprint density at radius 3 is 1.85 bits per heavy atom. The quantitative estimate of drug-likeness (QED) is 0.812. The van der Waals surface area contributed by atoms with E-state index in [0.29, 0.717) is 13.1 Å². The maximum Gasteiger partial charge on any atom is 0.290 e. The fourth-order valence-electron chi connectivity index (χ4n) is 3.55. The third kappa shape index (κ3) is 4.31. The van der Waals surface area contributed by atoms with E-state index in [0.717, 1.165) is 30.4 Å². The summed E-state index contributed by atoms with van der Waals surface area (Å²) in [4.78, 5) is 0. The molecule has 1 aliphatic heterocycles. The minimum Gasteiger partial charge on any atom is -0.322 e. The monoisotopic (exact) mass is 374 g/mol. The van der Waals surface area contributed by atoms with E-state index in [4.69, 9.17) is 10.9 Å². The number of nitrogens with zero attached hydrogens (tertiary/aromatic N) is 2. The molecule has 0 aliphatic carbocycles. The van der Waals surface area contributed by atoms with E-state index in [9.17, 15) is 8.42 Å². The molecule has 0 saturated carbocycles. The zero-order chi connectivity index (χ0) is 18.6. The molecule has 6 nitrogen and oxygen atoms in total. The van der Waals surface area contributed by atoms with Crippen molar-refractivity contribution in [3.05, 3.63) is 71.8 Å². The summed E-state index contributed by atoms with van der Waals surface area (Å²) in [7, 11) is -3.99. The molecule has 0 aromatic heterocycles. The van der Waals surface area contributed by atoms with Crippen LogP contribution in [0.4, 0.5) is 0 Å². The lowest BCUT2D eigenvalue weighted by Crippen LogP contribution is -2.54. The molecule has 2 atom stereocenters. The molecule has 1 fully saturated rings. The van der Waals surface area contributed by atoms with Crippen LogP contribution in [0, 0.1) is 0 Å². The Morgan fingerprint density at radius 1 is 0.846 bits per heavy atom. The van der Waals surface area contributed by atoms with Crippen molar-refractivity contribution in [3.8, 4) is 0 Å². The Balaban J connectivity index is 2.08. The summed E-state index contributed by atoms with van der Waals surface area (Å²) in [5.41, 5.74) is 8.28. The van der Waals surface area contributed by atoms with Crippen LogP contribution >= 0.6 is 0 Å². The molecule has 0 unspecified atom stereocenters. The highest BCUT2D eigenvalue weighted by Gasteiger charge is 2.38. The summed E-state index contributed by atoms with van der Waals surface area (Å²) in [5, 5.41) is 7.50. The molecule has 140 valence electrons. The average molecular weight is 375 g/mol. The van der Waals surface area contributed by atoms with Crippen LogP contribution in [0.25, 0.3) is 0 Å². The van der Waals surface area contributed by atoms with Crippen LogP contribution in [0.5, 0.6) is 0 Å². The van der Waals surface area contributed by atoms with Gasteiger partial charge in [0.1, 0.15) is 0 Å². The Labute approximate surface area is 155 Å². The van der Waals surface area contributed by atoms with Gasteiger partial charge in [-0.15, -0.1) is 4.41 Å². The van der Waals surface area contributed by atoms with E-state index in [-0.39, 0.29) is 0 Å². The second-order valence-electron chi connectivity index (χ2n) is 6.62. The predicted molar refractivity (Wildman–Crippen MR) is 103 cm³/mol. The van der Waals surface area contributed by atoms with E-state index in [1.807, 2.05) is 65.7 Å². The first kappa shape index (κ1) is 19.0. The number of hydrogen-bond donors (Lipinski definition) is 2. The Hall–Kier alpha value is -1.77. The van der Waals surface area contributed by atoms with Gasteiger partial charge in [-0.2, -0.15) is 8.42 Å². The summed E-state index contributed by atoms with van der Waals surface area (Å²) in [6, 6.07) is 17.9. The average Bonchev–Trinajstić information content (AvgIpc) is 2.66. The van der Waals surface area contributed by atoms with E-state index >= 15 is 0 Å². The van der Waals surface area contributed by atoms with Gasteiger partial charge in [-0.25, -0.2) is 10.1 Å². The van der Waals surface area contributed by atoms with Gasteiger partial charge in [-0.1, -0.05) is 67.1 Å². The molecule has 1 heterocycles. The fraction of sp³-hybridized carbons (Fsp3) is 0.368. The highest BCUT2D eigenvalue weighted by atomic mass is 32.2. The second-order valence-corrected chi connectivity index (χ2v) is 8.03. The zero-order valence-electron chi connectivity index (χ0n) is 14.7. The molecule has 7 heteroatoms. The topological polar surface area (TPSA) is 92.7 Å². The van der Waals surface area contributed by atoms with E-state index in [1.165, 1.54) is 4.41 Å². The van der Waals surface area contributed by atoms with Crippen LogP contribution in [0.3, 0.4) is 0 Å². The fourth-order valence-corrected chi connectivity index (χ4v) is 4.60. The summed E-state index contributed by atoms with van der Waals surface area (Å²) in [5.74, 6) is 0. The van der Waals surface area contributed by atoms with Crippen molar-refractivity contribution in [1.82, 2.24) is 9.42 Å². The lowest BCUT2D eigenvalue weighted by molar-refractivity contribution is -0.00342. The second kappa shape index (κ2) is 8.28. The molecule has 0 amide bonds. The van der Waals surface area contributed by atoms with Gasteiger partial charge < -0.3 is 5.73 Å². The summed E-state index contributed by atoms with van der Waals surface area (Å²) >= 11 is 0. The van der Waals surface area contributed by atoms with Gasteiger partial charge in [-0.05, 0) is 24.0 Å². The summed E-state index contributed by atoms with van der Waals surface area (Å²) in [6.45, 7) is 1.31. The minimum absolute atomic E-state index is 0.543. The summed E-state index contributed by atoms with van der Waals surface area (Å²) < 4.78 is 26.5. The van der Waals surface area contributed by atoms with Crippen molar-refractivity contribution < 1.29 is 8.42 Å². The SMILES string of the molecule is N[C@@H](c1ccccc1)[C@H](c1ccccc1)N(N1CCCCC1)S(N)(=O)=O. The Bertz CT molecular complexity index is 793. The minimum atomic E-state index is -3.99. The highest BCUT2D eigenvalue weighted by Crippen LogP contribution is 2.35. The molecular formula is C19H26N4O2S. The third-order valence-corrected chi connectivity index (χ3v) is 5.76. The number of nitrogens with two attached hydrogens (primary N) is 2.